The molecule has 3 aromatic rings. The quantitative estimate of drug-likeness (QED) is 0.736. The summed E-state index contributed by atoms with van der Waals surface area (Å²) in [7, 11) is 0. The van der Waals surface area contributed by atoms with Crippen molar-refractivity contribution in [3.63, 3.8) is 0 Å². The molecule has 1 aliphatic heterocycles. The van der Waals surface area contributed by atoms with Crippen molar-refractivity contribution >= 4 is 29.0 Å². The number of hydrogen-bond acceptors (Lipinski definition) is 7. The molecule has 7 nitrogen and oxygen atoms in total. The predicted octanol–water partition coefficient (Wildman–Crippen LogP) is 2.26. The molecule has 0 unspecified atom stereocenters. The third-order valence-electron chi connectivity index (χ3n) is 3.83. The minimum atomic E-state index is -0.241. The van der Waals surface area contributed by atoms with E-state index in [0.717, 1.165) is 27.6 Å². The molecule has 0 saturated carbocycles. The molecule has 1 amide bonds. The number of hydrogen-bond donors (Lipinski definition) is 1. The number of H-pyrrole nitrogens is 1. The second-order valence-corrected chi connectivity index (χ2v) is 7.54. The lowest BCUT2D eigenvalue weighted by atomic mass is 10.2. The van der Waals surface area contributed by atoms with E-state index in [1.54, 1.807) is 16.2 Å². The summed E-state index contributed by atoms with van der Waals surface area (Å²) >= 11 is 3.09. The molecule has 9 heteroatoms. The van der Waals surface area contributed by atoms with E-state index in [2.05, 4.69) is 15.4 Å². The van der Waals surface area contributed by atoms with Gasteiger partial charge in [-0.2, -0.15) is 5.10 Å². The zero-order valence-corrected chi connectivity index (χ0v) is 14.7. The van der Waals surface area contributed by atoms with Crippen molar-refractivity contribution in [3.8, 4) is 10.6 Å². The Morgan fingerprint density at radius 3 is 3.16 bits per heavy atom. The van der Waals surface area contributed by atoms with Crippen LogP contribution in [-0.2, 0) is 23.6 Å². The summed E-state index contributed by atoms with van der Waals surface area (Å²) in [4.78, 5) is 26.4. The average molecular weight is 374 g/mol. The zero-order chi connectivity index (χ0) is 17.2. The van der Waals surface area contributed by atoms with Gasteiger partial charge in [-0.1, -0.05) is 11.2 Å². The van der Waals surface area contributed by atoms with Crippen molar-refractivity contribution < 1.29 is 9.32 Å². The Kier molecular flexibility index (Phi) is 4.41. The third-order valence-corrected chi connectivity index (χ3v) is 5.67. The number of nitrogens with one attached hydrogen (secondary N) is 1. The first-order valence-electron chi connectivity index (χ1n) is 7.61. The average Bonchev–Trinajstić information content (AvgIpc) is 3.34. The van der Waals surface area contributed by atoms with Gasteiger partial charge in [-0.25, -0.2) is 5.10 Å². The molecule has 0 saturated heterocycles. The summed E-state index contributed by atoms with van der Waals surface area (Å²) < 4.78 is 5.33. The van der Waals surface area contributed by atoms with Gasteiger partial charge in [-0.3, -0.25) is 9.59 Å². The number of carbonyl (C=O) groups excluding carboxylic acids is 1. The molecule has 4 rings (SSSR count). The number of rotatable bonds is 5. The first-order chi connectivity index (χ1) is 12.2. The van der Waals surface area contributed by atoms with Crippen LogP contribution < -0.4 is 5.56 Å². The van der Waals surface area contributed by atoms with Crippen molar-refractivity contribution in [3.05, 3.63) is 57.0 Å². The SMILES string of the molecule is O=C(CSCc1cc(-c2cccs2)on1)N1Cc2cc(=O)[nH]nc2C1. The van der Waals surface area contributed by atoms with Crippen LogP contribution in [0.3, 0.4) is 0 Å². The minimum Gasteiger partial charge on any atom is -0.355 e. The first-order valence-corrected chi connectivity index (χ1v) is 9.65. The molecule has 3 aromatic heterocycles. The molecule has 0 atom stereocenters. The molecule has 0 bridgehead atoms. The molecule has 25 heavy (non-hydrogen) atoms. The van der Waals surface area contributed by atoms with Crippen molar-refractivity contribution in [1.82, 2.24) is 20.3 Å². The van der Waals surface area contributed by atoms with E-state index in [9.17, 15) is 9.59 Å². The highest BCUT2D eigenvalue weighted by atomic mass is 32.2. The molecule has 0 fully saturated rings. The molecule has 0 aromatic carbocycles. The van der Waals surface area contributed by atoms with Crippen LogP contribution in [0.5, 0.6) is 0 Å². The molecule has 0 spiro atoms. The number of amides is 1. The topological polar surface area (TPSA) is 92.1 Å². The molecular formula is C16H14N4O3S2. The molecule has 128 valence electrons. The fourth-order valence-corrected chi connectivity index (χ4v) is 4.09. The fourth-order valence-electron chi connectivity index (χ4n) is 2.61. The van der Waals surface area contributed by atoms with Crippen LogP contribution in [0.4, 0.5) is 0 Å². The van der Waals surface area contributed by atoms with Crippen LogP contribution >= 0.6 is 23.1 Å². The van der Waals surface area contributed by atoms with Crippen LogP contribution in [0.25, 0.3) is 10.6 Å². The van der Waals surface area contributed by atoms with Crippen molar-refractivity contribution in [2.75, 3.05) is 5.75 Å². The van der Waals surface area contributed by atoms with E-state index in [1.807, 2.05) is 23.6 Å². The van der Waals surface area contributed by atoms with Gasteiger partial charge in [0.25, 0.3) is 5.56 Å². The summed E-state index contributed by atoms with van der Waals surface area (Å²) in [5, 5.41) is 12.4. The zero-order valence-electron chi connectivity index (χ0n) is 13.1. The van der Waals surface area contributed by atoms with Gasteiger partial charge in [0.1, 0.15) is 0 Å². The Morgan fingerprint density at radius 1 is 1.40 bits per heavy atom. The van der Waals surface area contributed by atoms with Gasteiger partial charge in [0.05, 0.1) is 28.6 Å². The highest BCUT2D eigenvalue weighted by Gasteiger charge is 2.24. The normalized spacial score (nSPS) is 13.2. The highest BCUT2D eigenvalue weighted by Crippen LogP contribution is 2.26. The summed E-state index contributed by atoms with van der Waals surface area (Å²) in [5.74, 6) is 1.74. The van der Waals surface area contributed by atoms with Crippen molar-refractivity contribution in [2.45, 2.75) is 18.8 Å². The van der Waals surface area contributed by atoms with Gasteiger partial charge in [-0.15, -0.1) is 23.1 Å². The van der Waals surface area contributed by atoms with Gasteiger partial charge in [0.15, 0.2) is 5.76 Å². The van der Waals surface area contributed by atoms with E-state index >= 15 is 0 Å². The molecule has 4 heterocycles. The number of thioether (sulfide) groups is 1. The number of aromatic amines is 1. The Labute approximate surface area is 151 Å². The lowest BCUT2D eigenvalue weighted by Crippen LogP contribution is -2.27. The molecule has 1 N–H and O–H groups in total. The van der Waals surface area contributed by atoms with E-state index in [0.29, 0.717) is 24.6 Å². The van der Waals surface area contributed by atoms with Gasteiger partial charge in [0, 0.05) is 30.0 Å². The summed E-state index contributed by atoms with van der Waals surface area (Å²) in [6.07, 6.45) is 0. The Morgan fingerprint density at radius 2 is 2.32 bits per heavy atom. The van der Waals surface area contributed by atoms with E-state index in [-0.39, 0.29) is 11.5 Å². The Balaban J connectivity index is 1.29. The van der Waals surface area contributed by atoms with Gasteiger partial charge in [-0.05, 0) is 11.4 Å². The van der Waals surface area contributed by atoms with E-state index in [1.165, 1.54) is 17.8 Å². The number of nitrogens with zero attached hydrogens (tertiary/aromatic N) is 3. The fraction of sp³-hybridized carbons (Fsp3) is 0.250. The van der Waals surface area contributed by atoms with Gasteiger partial charge < -0.3 is 9.42 Å². The Hall–Kier alpha value is -2.39. The number of carbonyl (C=O) groups is 1. The van der Waals surface area contributed by atoms with Gasteiger partial charge >= 0.3 is 0 Å². The first kappa shape index (κ1) is 16.1. The lowest BCUT2D eigenvalue weighted by molar-refractivity contribution is -0.128. The standard InChI is InChI=1S/C16H14N4O3S2/c21-15-4-10-6-20(7-12(10)17-18-15)16(22)9-24-8-11-5-13(23-19-11)14-2-1-3-25-14/h1-5H,6-9H2,(H,18,21). The largest absolute Gasteiger partial charge is 0.355 e. The molecule has 0 aliphatic carbocycles. The monoisotopic (exact) mass is 374 g/mol. The summed E-state index contributed by atoms with van der Waals surface area (Å²) in [5.41, 5.74) is 2.16. The van der Waals surface area contributed by atoms with Crippen LogP contribution in [-0.4, -0.2) is 31.9 Å². The molecule has 1 aliphatic rings. The second kappa shape index (κ2) is 6.85. The Bertz CT molecular complexity index is 948. The molecule has 0 radical (unpaired) electrons. The van der Waals surface area contributed by atoms with Crippen LogP contribution in [0.15, 0.2) is 39.0 Å². The van der Waals surface area contributed by atoms with Crippen LogP contribution in [0.1, 0.15) is 17.0 Å². The van der Waals surface area contributed by atoms with Crippen molar-refractivity contribution in [1.29, 1.82) is 0 Å². The maximum Gasteiger partial charge on any atom is 0.264 e. The van der Waals surface area contributed by atoms with E-state index < -0.39 is 0 Å². The maximum atomic E-state index is 12.3. The third kappa shape index (κ3) is 3.52. The smallest absolute Gasteiger partial charge is 0.264 e. The maximum absolute atomic E-state index is 12.3. The second-order valence-electron chi connectivity index (χ2n) is 5.61. The number of aromatic nitrogens is 3. The number of fused-ring (bicyclic) bond motifs is 1. The minimum absolute atomic E-state index is 0.0254. The predicted molar refractivity (Wildman–Crippen MR) is 95.1 cm³/mol. The van der Waals surface area contributed by atoms with E-state index in [4.69, 9.17) is 4.52 Å². The van der Waals surface area contributed by atoms with Crippen LogP contribution in [0.2, 0.25) is 0 Å². The summed E-state index contributed by atoms with van der Waals surface area (Å²) in [6.45, 7) is 0.885. The molecular weight excluding hydrogens is 360 g/mol. The van der Waals surface area contributed by atoms with Crippen LogP contribution in [0, 0.1) is 0 Å². The summed E-state index contributed by atoms with van der Waals surface area (Å²) in [6, 6.07) is 7.36. The lowest BCUT2D eigenvalue weighted by Gasteiger charge is -2.14. The van der Waals surface area contributed by atoms with Crippen molar-refractivity contribution in [2.24, 2.45) is 0 Å². The van der Waals surface area contributed by atoms with Gasteiger partial charge in [0.2, 0.25) is 5.91 Å². The number of thiophene rings is 1. The highest BCUT2D eigenvalue weighted by molar-refractivity contribution is 7.99.